The van der Waals surface area contributed by atoms with Gasteiger partial charge in [-0.3, -0.25) is 9.88 Å². The van der Waals surface area contributed by atoms with Crippen LogP contribution in [0.25, 0.3) is 11.2 Å². The Bertz CT molecular complexity index is 1090. The largest absolute Gasteiger partial charge is 0.495 e. The quantitative estimate of drug-likeness (QED) is 0.398. The first-order valence-electron chi connectivity index (χ1n) is 12.2. The van der Waals surface area contributed by atoms with Crippen molar-refractivity contribution in [2.75, 3.05) is 50.6 Å². The number of aliphatic hydroxyl groups is 1. The van der Waals surface area contributed by atoms with E-state index in [0.29, 0.717) is 37.5 Å². The van der Waals surface area contributed by atoms with E-state index in [-0.39, 0.29) is 0 Å². The van der Waals surface area contributed by atoms with Crippen molar-refractivity contribution >= 4 is 28.6 Å². The van der Waals surface area contributed by atoms with Gasteiger partial charge >= 0.3 is 11.6 Å². The van der Waals surface area contributed by atoms with Crippen molar-refractivity contribution in [3.63, 3.8) is 0 Å². The maximum atomic E-state index is 10.8. The number of ether oxygens (including phenoxy) is 2. The lowest BCUT2D eigenvalue weighted by molar-refractivity contribution is -0.347. The lowest BCUT2D eigenvalue weighted by atomic mass is 9.95. The predicted octanol–water partition coefficient (Wildman–Crippen LogP) is 2.63. The fourth-order valence-electron chi connectivity index (χ4n) is 4.75. The zero-order valence-electron chi connectivity index (χ0n) is 19.6. The number of fused-ring (bicyclic) bond motifs is 1. The Kier molecular flexibility index (Phi) is 7.08. The number of nitrogens with zero attached hydrogens (tertiary/aromatic N) is 3. The summed E-state index contributed by atoms with van der Waals surface area (Å²) in [7, 11) is 1.62. The molecule has 2 fully saturated rings. The summed E-state index contributed by atoms with van der Waals surface area (Å²) in [6.45, 7) is 3.65. The molecule has 2 aromatic heterocycles. The lowest BCUT2D eigenvalue weighted by Crippen LogP contribution is -2.38. The molecule has 1 aromatic carbocycles. The molecule has 34 heavy (non-hydrogen) atoms. The van der Waals surface area contributed by atoms with Crippen LogP contribution in [-0.4, -0.2) is 71.0 Å². The van der Waals surface area contributed by atoms with Gasteiger partial charge in [0.1, 0.15) is 5.75 Å². The van der Waals surface area contributed by atoms with Crippen LogP contribution < -0.4 is 20.4 Å². The third-order valence-electron chi connectivity index (χ3n) is 6.67. The summed E-state index contributed by atoms with van der Waals surface area (Å²) < 4.78 is 11.0. The van der Waals surface area contributed by atoms with Gasteiger partial charge in [-0.1, -0.05) is 30.3 Å². The van der Waals surface area contributed by atoms with Gasteiger partial charge in [-0.05, 0) is 30.5 Å². The number of nitrogens with one attached hydrogen (secondary N) is 4. The third-order valence-corrected chi connectivity index (χ3v) is 6.67. The minimum Gasteiger partial charge on any atom is -0.495 e. The van der Waals surface area contributed by atoms with Gasteiger partial charge in [-0.25, -0.2) is 4.98 Å². The van der Waals surface area contributed by atoms with E-state index < -0.39 is 6.10 Å². The Labute approximate surface area is 199 Å². The molecule has 2 aliphatic rings. The number of H-pyrrole nitrogens is 2. The number of hydrogen-bond donors (Lipinski definition) is 4. The molecular formula is C24H34N7O3+. The minimum atomic E-state index is -0.602. The molecule has 1 unspecified atom stereocenters. The van der Waals surface area contributed by atoms with Crippen LogP contribution in [-0.2, 0) is 4.74 Å². The van der Waals surface area contributed by atoms with Crippen LogP contribution in [0, 0.1) is 0 Å². The number of rotatable bonds is 8. The van der Waals surface area contributed by atoms with Crippen LogP contribution in [0.3, 0.4) is 0 Å². The molecule has 0 bridgehead atoms. The van der Waals surface area contributed by atoms with Crippen molar-refractivity contribution in [1.82, 2.24) is 19.9 Å². The second-order valence-corrected chi connectivity index (χ2v) is 9.05. The van der Waals surface area contributed by atoms with Crippen molar-refractivity contribution < 1.29 is 19.6 Å². The lowest BCUT2D eigenvalue weighted by Gasteiger charge is -2.28. The highest BCUT2D eigenvalue weighted by Gasteiger charge is 2.22. The molecule has 1 saturated carbocycles. The fourth-order valence-corrected chi connectivity index (χ4v) is 4.75. The molecule has 3 heterocycles. The number of anilines is 3. The number of benzene rings is 1. The SMILES string of the molecule is COc1cc(C(O)CN2CCOCC2)ccc1Nc1nc(NC2CCCCC2)c2[nH]c[nH+]c2n1. The number of aliphatic hydroxyl groups excluding tert-OH is 1. The second-order valence-electron chi connectivity index (χ2n) is 9.05. The van der Waals surface area contributed by atoms with Crippen LogP contribution in [0.4, 0.5) is 17.5 Å². The van der Waals surface area contributed by atoms with Crippen LogP contribution in [0.2, 0.25) is 0 Å². The Morgan fingerprint density at radius 2 is 2.06 bits per heavy atom. The van der Waals surface area contributed by atoms with Crippen LogP contribution >= 0.6 is 0 Å². The molecule has 0 radical (unpaired) electrons. The van der Waals surface area contributed by atoms with Gasteiger partial charge in [-0.15, -0.1) is 0 Å². The van der Waals surface area contributed by atoms with Crippen LogP contribution in [0.1, 0.15) is 43.8 Å². The van der Waals surface area contributed by atoms with Crippen molar-refractivity contribution in [3.8, 4) is 5.75 Å². The second kappa shape index (κ2) is 10.5. The van der Waals surface area contributed by atoms with Gasteiger partial charge in [0.2, 0.25) is 5.52 Å². The van der Waals surface area contributed by atoms with Gasteiger partial charge in [0.05, 0.1) is 32.1 Å². The third kappa shape index (κ3) is 5.24. The molecule has 1 aliphatic heterocycles. The molecule has 1 atom stereocenters. The first kappa shape index (κ1) is 22.8. The molecule has 5 rings (SSSR count). The van der Waals surface area contributed by atoms with Crippen LogP contribution in [0.5, 0.6) is 5.75 Å². The summed E-state index contributed by atoms with van der Waals surface area (Å²) >= 11 is 0. The van der Waals surface area contributed by atoms with Gasteiger partial charge in [0.15, 0.2) is 12.1 Å². The zero-order chi connectivity index (χ0) is 23.3. The normalized spacial score (nSPS) is 18.6. The predicted molar refractivity (Wildman–Crippen MR) is 129 cm³/mol. The van der Waals surface area contributed by atoms with E-state index in [1.54, 1.807) is 13.4 Å². The molecule has 10 heteroatoms. The highest BCUT2D eigenvalue weighted by molar-refractivity contribution is 5.82. The van der Waals surface area contributed by atoms with Crippen molar-refractivity contribution in [2.45, 2.75) is 44.2 Å². The standard InChI is InChI=1S/C24H33N7O3/c1-33-20-13-16(19(32)14-31-9-11-34-12-10-31)7-8-18(20)28-24-29-22-21(25-15-26-22)23(30-24)27-17-5-3-2-4-6-17/h7-8,13,15,17,19,32H,2-6,9-12,14H2,1H3,(H3,25,26,27,28,29,30)/p+1. The molecule has 0 amide bonds. The van der Waals surface area contributed by atoms with Crippen molar-refractivity contribution in [1.29, 1.82) is 0 Å². The van der Waals surface area contributed by atoms with E-state index in [1.807, 2.05) is 18.2 Å². The number of imidazole rings is 1. The van der Waals surface area contributed by atoms with Gasteiger partial charge < -0.3 is 25.2 Å². The van der Waals surface area contributed by atoms with Gasteiger partial charge in [-0.2, -0.15) is 4.98 Å². The van der Waals surface area contributed by atoms with E-state index in [2.05, 4.69) is 30.5 Å². The summed E-state index contributed by atoms with van der Waals surface area (Å²) in [5.41, 5.74) is 3.14. The molecular weight excluding hydrogens is 434 g/mol. The topological polar surface area (TPSA) is 122 Å². The minimum absolute atomic E-state index is 0.421. The zero-order valence-corrected chi connectivity index (χ0v) is 19.6. The van der Waals surface area contributed by atoms with E-state index in [4.69, 9.17) is 14.5 Å². The molecule has 1 aliphatic carbocycles. The Morgan fingerprint density at radius 3 is 2.85 bits per heavy atom. The smallest absolute Gasteiger partial charge is 0.307 e. The van der Waals surface area contributed by atoms with E-state index in [9.17, 15) is 5.11 Å². The number of methoxy groups -OCH3 is 1. The van der Waals surface area contributed by atoms with Gasteiger partial charge in [0, 0.05) is 25.7 Å². The number of aromatic nitrogens is 4. The van der Waals surface area contributed by atoms with E-state index >= 15 is 0 Å². The monoisotopic (exact) mass is 468 g/mol. The average molecular weight is 469 g/mol. The highest BCUT2D eigenvalue weighted by Crippen LogP contribution is 2.31. The number of β-amino-alcohol motifs (C(OH)–C–C–N with tert-alkyl or cyclic N) is 1. The molecule has 10 nitrogen and oxygen atoms in total. The Balaban J connectivity index is 1.34. The summed E-state index contributed by atoms with van der Waals surface area (Å²) in [6.07, 6.45) is 7.26. The molecule has 3 aromatic rings. The molecule has 0 spiro atoms. The molecule has 1 saturated heterocycles. The summed E-state index contributed by atoms with van der Waals surface area (Å²) in [4.78, 5) is 18.0. The maximum Gasteiger partial charge on any atom is 0.307 e. The summed E-state index contributed by atoms with van der Waals surface area (Å²) in [6, 6.07) is 6.11. The first-order chi connectivity index (χ1) is 16.7. The summed E-state index contributed by atoms with van der Waals surface area (Å²) in [5.74, 6) is 1.89. The summed E-state index contributed by atoms with van der Waals surface area (Å²) in [5, 5.41) is 17.7. The van der Waals surface area contributed by atoms with E-state index in [0.717, 1.165) is 54.2 Å². The van der Waals surface area contributed by atoms with Crippen molar-refractivity contribution in [2.24, 2.45) is 0 Å². The molecule has 182 valence electrons. The Morgan fingerprint density at radius 1 is 1.24 bits per heavy atom. The maximum absolute atomic E-state index is 10.8. The van der Waals surface area contributed by atoms with Gasteiger partial charge in [0.25, 0.3) is 0 Å². The molecule has 5 N–H and O–H groups in total. The number of aromatic amines is 2. The highest BCUT2D eigenvalue weighted by atomic mass is 16.5. The number of hydrogen-bond acceptors (Lipinski definition) is 8. The first-order valence-corrected chi connectivity index (χ1v) is 12.2. The van der Waals surface area contributed by atoms with E-state index in [1.165, 1.54) is 19.3 Å². The fraction of sp³-hybridized carbons (Fsp3) is 0.542. The van der Waals surface area contributed by atoms with Crippen molar-refractivity contribution in [3.05, 3.63) is 30.1 Å². The average Bonchev–Trinajstić information content (AvgIpc) is 3.34. The number of morpholine rings is 1. The van der Waals surface area contributed by atoms with Crippen LogP contribution in [0.15, 0.2) is 24.5 Å². The Hall–Kier alpha value is -2.95.